The van der Waals surface area contributed by atoms with Crippen LogP contribution >= 0.6 is 11.6 Å². The van der Waals surface area contributed by atoms with Crippen molar-refractivity contribution in [2.75, 3.05) is 7.11 Å². The van der Waals surface area contributed by atoms with Gasteiger partial charge in [-0.3, -0.25) is 4.98 Å². The normalized spacial score (nSPS) is 12.3. The van der Waals surface area contributed by atoms with Crippen molar-refractivity contribution in [2.24, 2.45) is 5.73 Å². The fraction of sp³-hybridized carbons (Fsp3) is 0.267. The van der Waals surface area contributed by atoms with Crippen LogP contribution in [-0.2, 0) is 0 Å². The summed E-state index contributed by atoms with van der Waals surface area (Å²) in [6, 6.07) is 9.33. The van der Waals surface area contributed by atoms with Crippen LogP contribution in [0.15, 0.2) is 30.3 Å². The molecule has 1 atom stereocenters. The fourth-order valence-electron chi connectivity index (χ4n) is 2.08. The Morgan fingerprint density at radius 1 is 1.21 bits per heavy atom. The van der Waals surface area contributed by atoms with E-state index in [1.54, 1.807) is 13.2 Å². The molecular weight excluding hydrogens is 260 g/mol. The number of hydrogen-bond donors (Lipinski definition) is 1. The van der Waals surface area contributed by atoms with Gasteiger partial charge in [-0.15, -0.1) is 0 Å². The van der Waals surface area contributed by atoms with Gasteiger partial charge in [0.05, 0.1) is 18.2 Å². The van der Waals surface area contributed by atoms with Crippen molar-refractivity contribution in [1.82, 2.24) is 4.98 Å². The van der Waals surface area contributed by atoms with Crippen LogP contribution < -0.4 is 10.5 Å². The minimum absolute atomic E-state index is 0.237. The maximum absolute atomic E-state index is 6.30. The highest BCUT2D eigenvalue weighted by Crippen LogP contribution is 2.30. The Kier molecular flexibility index (Phi) is 4.08. The summed E-state index contributed by atoms with van der Waals surface area (Å²) in [5.41, 5.74) is 10.2. The van der Waals surface area contributed by atoms with Crippen LogP contribution in [0.4, 0.5) is 0 Å². The van der Waals surface area contributed by atoms with Crippen LogP contribution in [0.3, 0.4) is 0 Å². The summed E-state index contributed by atoms with van der Waals surface area (Å²) < 4.78 is 5.22. The average molecular weight is 277 g/mol. The SMILES string of the molecule is COc1cc(C(N)c2ccc(C)nc2C)ccc1Cl. The number of hydrogen-bond acceptors (Lipinski definition) is 3. The van der Waals surface area contributed by atoms with Gasteiger partial charge in [-0.05, 0) is 43.2 Å². The number of halogens is 1. The first-order valence-corrected chi connectivity index (χ1v) is 6.44. The molecule has 0 aliphatic rings. The second-order valence-corrected chi connectivity index (χ2v) is 4.91. The van der Waals surface area contributed by atoms with Crippen LogP contribution in [0.5, 0.6) is 5.75 Å². The smallest absolute Gasteiger partial charge is 0.137 e. The fourth-order valence-corrected chi connectivity index (χ4v) is 2.27. The zero-order chi connectivity index (χ0) is 14.0. The summed E-state index contributed by atoms with van der Waals surface area (Å²) in [4.78, 5) is 4.44. The molecule has 2 N–H and O–H groups in total. The molecule has 1 aromatic carbocycles. The molecule has 0 aliphatic carbocycles. The molecule has 2 aromatic rings. The molecule has 0 saturated carbocycles. The lowest BCUT2D eigenvalue weighted by molar-refractivity contribution is 0.414. The molecule has 1 aromatic heterocycles. The lowest BCUT2D eigenvalue weighted by Gasteiger charge is -2.16. The largest absolute Gasteiger partial charge is 0.495 e. The highest BCUT2D eigenvalue weighted by molar-refractivity contribution is 6.32. The van der Waals surface area contributed by atoms with E-state index in [0.29, 0.717) is 10.8 Å². The van der Waals surface area contributed by atoms with Crippen molar-refractivity contribution in [3.63, 3.8) is 0 Å². The maximum atomic E-state index is 6.30. The number of pyridine rings is 1. The number of aryl methyl sites for hydroxylation is 2. The van der Waals surface area contributed by atoms with Gasteiger partial charge in [0.2, 0.25) is 0 Å². The van der Waals surface area contributed by atoms with Crippen LogP contribution in [0.2, 0.25) is 5.02 Å². The van der Waals surface area contributed by atoms with E-state index < -0.39 is 0 Å². The number of aromatic nitrogens is 1. The first-order chi connectivity index (χ1) is 9.02. The van der Waals surface area contributed by atoms with Crippen LogP contribution in [-0.4, -0.2) is 12.1 Å². The van der Waals surface area contributed by atoms with Crippen molar-refractivity contribution < 1.29 is 4.74 Å². The molecule has 0 aliphatic heterocycles. The molecule has 2 rings (SSSR count). The van der Waals surface area contributed by atoms with E-state index in [9.17, 15) is 0 Å². The van der Waals surface area contributed by atoms with Crippen molar-refractivity contribution in [3.8, 4) is 5.75 Å². The van der Waals surface area contributed by atoms with E-state index in [-0.39, 0.29) is 6.04 Å². The van der Waals surface area contributed by atoms with Gasteiger partial charge in [-0.2, -0.15) is 0 Å². The highest BCUT2D eigenvalue weighted by Gasteiger charge is 2.14. The Hall–Kier alpha value is -1.58. The third-order valence-corrected chi connectivity index (χ3v) is 3.45. The summed E-state index contributed by atoms with van der Waals surface area (Å²) >= 11 is 6.02. The Bertz CT molecular complexity index is 599. The van der Waals surface area contributed by atoms with Gasteiger partial charge in [0.15, 0.2) is 0 Å². The van der Waals surface area contributed by atoms with Crippen molar-refractivity contribution >= 4 is 11.6 Å². The minimum Gasteiger partial charge on any atom is -0.495 e. The predicted molar refractivity (Wildman–Crippen MR) is 77.7 cm³/mol. The molecule has 0 amide bonds. The van der Waals surface area contributed by atoms with Crippen LogP contribution in [0.25, 0.3) is 0 Å². The quantitative estimate of drug-likeness (QED) is 0.935. The predicted octanol–water partition coefficient (Wildman–Crippen LogP) is 3.41. The van der Waals surface area contributed by atoms with E-state index in [2.05, 4.69) is 4.98 Å². The summed E-state index contributed by atoms with van der Waals surface area (Å²) in [6.45, 7) is 3.93. The van der Waals surface area contributed by atoms with Crippen molar-refractivity contribution in [1.29, 1.82) is 0 Å². The molecule has 3 nitrogen and oxygen atoms in total. The first kappa shape index (κ1) is 13.8. The van der Waals surface area contributed by atoms with E-state index in [1.807, 2.05) is 38.1 Å². The van der Waals surface area contributed by atoms with Crippen LogP contribution in [0.1, 0.15) is 28.6 Å². The van der Waals surface area contributed by atoms with Gasteiger partial charge in [0.25, 0.3) is 0 Å². The van der Waals surface area contributed by atoms with Crippen LogP contribution in [0, 0.1) is 13.8 Å². The van der Waals surface area contributed by atoms with Crippen molar-refractivity contribution in [3.05, 3.63) is 57.9 Å². The minimum atomic E-state index is -0.237. The molecule has 0 saturated heterocycles. The number of benzene rings is 1. The number of ether oxygens (including phenoxy) is 1. The topological polar surface area (TPSA) is 48.1 Å². The monoisotopic (exact) mass is 276 g/mol. The van der Waals surface area contributed by atoms with Gasteiger partial charge in [0, 0.05) is 11.4 Å². The Morgan fingerprint density at radius 3 is 2.58 bits per heavy atom. The van der Waals surface area contributed by atoms with E-state index in [1.165, 1.54) is 0 Å². The lowest BCUT2D eigenvalue weighted by atomic mass is 9.98. The molecule has 0 spiro atoms. The van der Waals surface area contributed by atoms with E-state index in [0.717, 1.165) is 22.5 Å². The summed E-state index contributed by atoms with van der Waals surface area (Å²) in [7, 11) is 1.59. The Morgan fingerprint density at radius 2 is 1.95 bits per heavy atom. The molecule has 1 heterocycles. The van der Waals surface area contributed by atoms with Gasteiger partial charge in [-0.25, -0.2) is 0 Å². The number of nitrogens with zero attached hydrogens (tertiary/aromatic N) is 1. The Labute approximate surface area is 118 Å². The number of nitrogens with two attached hydrogens (primary N) is 1. The highest BCUT2D eigenvalue weighted by atomic mass is 35.5. The molecule has 0 bridgehead atoms. The zero-order valence-corrected chi connectivity index (χ0v) is 12.0. The molecule has 0 fully saturated rings. The number of methoxy groups -OCH3 is 1. The second-order valence-electron chi connectivity index (χ2n) is 4.50. The Balaban J connectivity index is 2.40. The van der Waals surface area contributed by atoms with Gasteiger partial charge >= 0.3 is 0 Å². The van der Waals surface area contributed by atoms with E-state index in [4.69, 9.17) is 22.1 Å². The molecule has 100 valence electrons. The third kappa shape index (κ3) is 2.88. The summed E-state index contributed by atoms with van der Waals surface area (Å²) in [5.74, 6) is 0.632. The summed E-state index contributed by atoms with van der Waals surface area (Å²) in [6.07, 6.45) is 0. The summed E-state index contributed by atoms with van der Waals surface area (Å²) in [5, 5.41) is 0.581. The standard InChI is InChI=1S/C15H17ClN2O/c1-9-4-6-12(10(2)18-9)15(17)11-5-7-13(16)14(8-11)19-3/h4-8,15H,17H2,1-3H3. The average Bonchev–Trinajstić information content (AvgIpc) is 2.38. The second kappa shape index (κ2) is 5.59. The van der Waals surface area contributed by atoms with E-state index >= 15 is 0 Å². The molecular formula is C15H17ClN2O. The van der Waals surface area contributed by atoms with Crippen molar-refractivity contribution in [2.45, 2.75) is 19.9 Å². The molecule has 1 unspecified atom stereocenters. The van der Waals surface area contributed by atoms with Gasteiger partial charge in [0.1, 0.15) is 5.75 Å². The number of rotatable bonds is 3. The van der Waals surface area contributed by atoms with Gasteiger partial charge in [-0.1, -0.05) is 23.7 Å². The zero-order valence-electron chi connectivity index (χ0n) is 11.3. The maximum Gasteiger partial charge on any atom is 0.137 e. The van der Waals surface area contributed by atoms with Gasteiger partial charge < -0.3 is 10.5 Å². The first-order valence-electron chi connectivity index (χ1n) is 6.06. The molecule has 19 heavy (non-hydrogen) atoms. The molecule has 4 heteroatoms. The molecule has 0 radical (unpaired) electrons. The lowest BCUT2D eigenvalue weighted by Crippen LogP contribution is -2.14. The third-order valence-electron chi connectivity index (χ3n) is 3.14.